The van der Waals surface area contributed by atoms with Gasteiger partial charge >= 0.3 is 0 Å². The van der Waals surface area contributed by atoms with Crippen molar-refractivity contribution in [3.05, 3.63) is 54.4 Å². The highest BCUT2D eigenvalue weighted by Gasteiger charge is 2.10. The third kappa shape index (κ3) is 2.63. The quantitative estimate of drug-likeness (QED) is 0.780. The zero-order valence-corrected chi connectivity index (χ0v) is 12.5. The van der Waals surface area contributed by atoms with Gasteiger partial charge in [-0.1, -0.05) is 24.3 Å². The van der Waals surface area contributed by atoms with Gasteiger partial charge in [0, 0.05) is 50.5 Å². The van der Waals surface area contributed by atoms with Crippen molar-refractivity contribution in [2.45, 2.75) is 6.54 Å². The number of nitrogens with one attached hydrogen (secondary N) is 2. The lowest BCUT2D eigenvalue weighted by Crippen LogP contribution is -2.42. The maximum Gasteiger partial charge on any atom is 0.137 e. The summed E-state index contributed by atoms with van der Waals surface area (Å²) in [6.45, 7) is 5.51. The first-order valence-corrected chi connectivity index (χ1v) is 7.85. The number of aromatic nitrogens is 2. The molecule has 2 aromatic heterocycles. The van der Waals surface area contributed by atoms with E-state index in [4.69, 9.17) is 0 Å². The van der Waals surface area contributed by atoms with Crippen molar-refractivity contribution in [2.75, 3.05) is 26.2 Å². The number of hydrogen-bond acceptors (Lipinski definition) is 3. The maximum atomic E-state index is 4.35. The van der Waals surface area contributed by atoms with E-state index < -0.39 is 0 Å². The molecule has 22 heavy (non-hydrogen) atoms. The molecule has 0 radical (unpaired) electrons. The molecule has 4 heteroatoms. The van der Waals surface area contributed by atoms with Crippen molar-refractivity contribution in [3.63, 3.8) is 0 Å². The fourth-order valence-corrected chi connectivity index (χ4v) is 3.13. The Labute approximate surface area is 130 Å². The molecular weight excluding hydrogens is 272 g/mol. The molecule has 0 unspecified atom stereocenters. The summed E-state index contributed by atoms with van der Waals surface area (Å²) in [7, 11) is 0. The Morgan fingerprint density at radius 3 is 2.64 bits per heavy atom. The van der Waals surface area contributed by atoms with Gasteiger partial charge in [-0.15, -0.1) is 0 Å². The lowest BCUT2D eigenvalue weighted by atomic mass is 10.0. The molecule has 2 N–H and O–H groups in total. The Morgan fingerprint density at radius 1 is 1.00 bits per heavy atom. The first-order valence-electron chi connectivity index (χ1n) is 7.85. The predicted octanol–water partition coefficient (Wildman–Crippen LogP) is 2.64. The Bertz CT molecular complexity index is 754. The van der Waals surface area contributed by atoms with Crippen LogP contribution in [-0.4, -0.2) is 41.0 Å². The normalized spacial score (nSPS) is 16.2. The highest BCUT2D eigenvalue weighted by molar-refractivity contribution is 5.92. The van der Waals surface area contributed by atoms with Crippen LogP contribution >= 0.6 is 0 Å². The minimum absolute atomic E-state index is 0.947. The van der Waals surface area contributed by atoms with E-state index in [2.05, 4.69) is 56.6 Å². The fraction of sp³-hybridized carbons (Fsp3) is 0.278. The third-order valence-corrected chi connectivity index (χ3v) is 4.34. The molecule has 1 aromatic carbocycles. The first-order chi connectivity index (χ1) is 10.9. The van der Waals surface area contributed by atoms with Gasteiger partial charge in [-0.2, -0.15) is 0 Å². The number of nitrogens with zero attached hydrogens (tertiary/aromatic N) is 2. The van der Waals surface area contributed by atoms with Crippen LogP contribution in [0.15, 0.2) is 48.8 Å². The Balaban J connectivity index is 1.57. The minimum atomic E-state index is 0.947. The van der Waals surface area contributed by atoms with E-state index in [1.807, 2.05) is 12.4 Å². The van der Waals surface area contributed by atoms with Gasteiger partial charge in [0.15, 0.2) is 0 Å². The van der Waals surface area contributed by atoms with E-state index in [-0.39, 0.29) is 0 Å². The van der Waals surface area contributed by atoms with Crippen LogP contribution in [0.4, 0.5) is 0 Å². The molecule has 112 valence electrons. The van der Waals surface area contributed by atoms with Gasteiger partial charge in [-0.05, 0) is 28.8 Å². The van der Waals surface area contributed by atoms with E-state index in [1.54, 1.807) is 0 Å². The van der Waals surface area contributed by atoms with E-state index >= 15 is 0 Å². The molecule has 4 nitrogen and oxygen atoms in total. The molecule has 3 aromatic rings. The van der Waals surface area contributed by atoms with Crippen molar-refractivity contribution in [1.82, 2.24) is 20.2 Å². The summed E-state index contributed by atoms with van der Waals surface area (Å²) in [6, 6.07) is 13.1. The molecule has 1 fully saturated rings. The molecule has 1 saturated heterocycles. The summed E-state index contributed by atoms with van der Waals surface area (Å²) in [5.41, 5.74) is 4.81. The van der Waals surface area contributed by atoms with Gasteiger partial charge in [-0.25, -0.2) is 4.98 Å². The van der Waals surface area contributed by atoms with Crippen molar-refractivity contribution in [2.24, 2.45) is 0 Å². The van der Waals surface area contributed by atoms with Crippen LogP contribution in [0.5, 0.6) is 0 Å². The van der Waals surface area contributed by atoms with Crippen LogP contribution in [0, 0.1) is 0 Å². The second-order valence-corrected chi connectivity index (χ2v) is 5.82. The van der Waals surface area contributed by atoms with Crippen LogP contribution in [0.2, 0.25) is 0 Å². The monoisotopic (exact) mass is 292 g/mol. The van der Waals surface area contributed by atoms with Crippen LogP contribution in [-0.2, 0) is 6.54 Å². The lowest BCUT2D eigenvalue weighted by molar-refractivity contribution is 0.233. The van der Waals surface area contributed by atoms with Crippen LogP contribution in [0.25, 0.3) is 22.2 Å². The summed E-state index contributed by atoms with van der Waals surface area (Å²) < 4.78 is 0. The van der Waals surface area contributed by atoms with Crippen molar-refractivity contribution in [1.29, 1.82) is 0 Å². The number of H-pyrrole nitrogens is 1. The summed E-state index contributed by atoms with van der Waals surface area (Å²) in [5, 5.41) is 4.57. The third-order valence-electron chi connectivity index (χ3n) is 4.34. The molecule has 4 rings (SSSR count). The van der Waals surface area contributed by atoms with Crippen molar-refractivity contribution < 1.29 is 0 Å². The molecule has 0 bridgehead atoms. The highest BCUT2D eigenvalue weighted by Crippen LogP contribution is 2.27. The second kappa shape index (κ2) is 5.91. The molecular formula is C18H20N4. The van der Waals surface area contributed by atoms with E-state index in [0.717, 1.165) is 38.4 Å². The number of hydrogen-bond donors (Lipinski definition) is 2. The average Bonchev–Trinajstić information content (AvgIpc) is 3.05. The van der Waals surface area contributed by atoms with Gasteiger partial charge in [-0.3, -0.25) is 4.90 Å². The smallest absolute Gasteiger partial charge is 0.137 e. The molecule has 0 aliphatic carbocycles. The second-order valence-electron chi connectivity index (χ2n) is 5.82. The van der Waals surface area contributed by atoms with Crippen LogP contribution in [0.3, 0.4) is 0 Å². The Hall–Kier alpha value is -2.17. The van der Waals surface area contributed by atoms with Crippen molar-refractivity contribution >= 4 is 11.0 Å². The standard InChI is InChI=1S/C18H20N4/c1-3-15(16-5-7-20-18-17(16)6-8-21-18)4-2-14(1)13-22-11-9-19-10-12-22/h1-8,19H,9-13H2,(H,20,21). The van der Waals surface area contributed by atoms with Crippen LogP contribution in [0.1, 0.15) is 5.56 Å². The maximum absolute atomic E-state index is 4.35. The number of aromatic amines is 1. The topological polar surface area (TPSA) is 44.0 Å². The van der Waals surface area contributed by atoms with Gasteiger partial charge in [0.1, 0.15) is 5.65 Å². The van der Waals surface area contributed by atoms with E-state index in [0.29, 0.717) is 0 Å². The van der Waals surface area contributed by atoms with E-state index in [1.165, 1.54) is 22.1 Å². The predicted molar refractivity (Wildman–Crippen MR) is 89.7 cm³/mol. The highest BCUT2D eigenvalue weighted by atomic mass is 15.2. The van der Waals surface area contributed by atoms with E-state index in [9.17, 15) is 0 Å². The Morgan fingerprint density at radius 2 is 1.82 bits per heavy atom. The number of piperazine rings is 1. The summed E-state index contributed by atoms with van der Waals surface area (Å²) in [5.74, 6) is 0. The molecule has 1 aliphatic heterocycles. The summed E-state index contributed by atoms with van der Waals surface area (Å²) in [6.07, 6.45) is 3.81. The SMILES string of the molecule is c1cc(-c2ccc(CN3CCNCC3)cc2)c2cc[nH]c2n1. The number of pyridine rings is 1. The first kappa shape index (κ1) is 13.5. The van der Waals surface area contributed by atoms with Gasteiger partial charge in [0.25, 0.3) is 0 Å². The molecule has 3 heterocycles. The Kier molecular flexibility index (Phi) is 3.62. The van der Waals surface area contributed by atoms with Gasteiger partial charge in [0.2, 0.25) is 0 Å². The van der Waals surface area contributed by atoms with Crippen LogP contribution < -0.4 is 5.32 Å². The molecule has 1 aliphatic rings. The molecule has 0 amide bonds. The lowest BCUT2D eigenvalue weighted by Gasteiger charge is -2.27. The number of rotatable bonds is 3. The van der Waals surface area contributed by atoms with Gasteiger partial charge < -0.3 is 10.3 Å². The average molecular weight is 292 g/mol. The number of benzene rings is 1. The molecule has 0 spiro atoms. The fourth-order valence-electron chi connectivity index (χ4n) is 3.13. The van der Waals surface area contributed by atoms with Crippen molar-refractivity contribution in [3.8, 4) is 11.1 Å². The minimum Gasteiger partial charge on any atom is -0.346 e. The zero-order valence-electron chi connectivity index (χ0n) is 12.5. The summed E-state index contributed by atoms with van der Waals surface area (Å²) in [4.78, 5) is 10.0. The molecule has 0 atom stereocenters. The summed E-state index contributed by atoms with van der Waals surface area (Å²) >= 11 is 0. The number of fused-ring (bicyclic) bond motifs is 1. The zero-order chi connectivity index (χ0) is 14.8. The molecule has 0 saturated carbocycles. The largest absolute Gasteiger partial charge is 0.346 e. The van der Waals surface area contributed by atoms with Gasteiger partial charge in [0.05, 0.1) is 0 Å².